The lowest BCUT2D eigenvalue weighted by molar-refractivity contribution is -0.119. The molecule has 1 heterocycles. The summed E-state index contributed by atoms with van der Waals surface area (Å²) in [5.41, 5.74) is 10.9. The highest BCUT2D eigenvalue weighted by atomic mass is 16.1. The van der Waals surface area contributed by atoms with Gasteiger partial charge in [-0.15, -0.1) is 0 Å². The molecule has 2 aliphatic rings. The van der Waals surface area contributed by atoms with Crippen molar-refractivity contribution in [2.45, 2.75) is 44.2 Å². The van der Waals surface area contributed by atoms with Crippen molar-refractivity contribution < 1.29 is 4.79 Å². The Hall–Kier alpha value is -0.610. The zero-order valence-corrected chi connectivity index (χ0v) is 9.19. The van der Waals surface area contributed by atoms with Gasteiger partial charge in [-0.3, -0.25) is 9.69 Å². The Bertz CT molecular complexity index is 244. The number of nitrogens with two attached hydrogens (primary N) is 2. The Labute approximate surface area is 91.0 Å². The number of piperidine rings is 1. The van der Waals surface area contributed by atoms with E-state index < -0.39 is 6.04 Å². The minimum atomic E-state index is -0.496. The fourth-order valence-electron chi connectivity index (χ4n) is 3.13. The zero-order valence-electron chi connectivity index (χ0n) is 9.19. The molecule has 4 nitrogen and oxygen atoms in total. The van der Waals surface area contributed by atoms with Gasteiger partial charge in [0.2, 0.25) is 5.91 Å². The van der Waals surface area contributed by atoms with Crippen molar-refractivity contribution in [3.8, 4) is 0 Å². The van der Waals surface area contributed by atoms with E-state index in [9.17, 15) is 4.79 Å². The minimum Gasteiger partial charge on any atom is -0.368 e. The number of hydrogen-bond donors (Lipinski definition) is 2. The molecule has 3 atom stereocenters. The summed E-state index contributed by atoms with van der Waals surface area (Å²) in [6.07, 6.45) is 6.56. The monoisotopic (exact) mass is 211 g/mol. The van der Waals surface area contributed by atoms with Gasteiger partial charge in [0, 0.05) is 12.6 Å². The SMILES string of the molecule is NC(=O)C(N)CN1CCCC2CCCC21. The van der Waals surface area contributed by atoms with E-state index in [-0.39, 0.29) is 5.91 Å². The van der Waals surface area contributed by atoms with E-state index in [1.54, 1.807) is 0 Å². The van der Waals surface area contributed by atoms with Gasteiger partial charge in [0.15, 0.2) is 0 Å². The molecule has 0 aromatic heterocycles. The summed E-state index contributed by atoms with van der Waals surface area (Å²) < 4.78 is 0. The molecule has 3 unspecified atom stereocenters. The number of likely N-dealkylation sites (tertiary alicyclic amines) is 1. The van der Waals surface area contributed by atoms with Crippen molar-refractivity contribution >= 4 is 5.91 Å². The van der Waals surface area contributed by atoms with Gasteiger partial charge in [-0.1, -0.05) is 6.42 Å². The second-order valence-electron chi connectivity index (χ2n) is 4.90. The molecule has 86 valence electrons. The third-order valence-electron chi connectivity index (χ3n) is 3.90. The molecule has 1 saturated carbocycles. The van der Waals surface area contributed by atoms with Crippen LogP contribution in [0.3, 0.4) is 0 Å². The van der Waals surface area contributed by atoms with Crippen molar-refractivity contribution in [3.63, 3.8) is 0 Å². The van der Waals surface area contributed by atoms with Crippen LogP contribution in [0, 0.1) is 5.92 Å². The fourth-order valence-corrected chi connectivity index (χ4v) is 3.13. The molecular formula is C11H21N3O. The Balaban J connectivity index is 1.93. The first-order chi connectivity index (χ1) is 7.18. The van der Waals surface area contributed by atoms with Gasteiger partial charge in [0.25, 0.3) is 0 Å². The molecule has 1 aliphatic heterocycles. The van der Waals surface area contributed by atoms with Gasteiger partial charge >= 0.3 is 0 Å². The lowest BCUT2D eigenvalue weighted by atomic mass is 9.91. The van der Waals surface area contributed by atoms with Crippen molar-refractivity contribution in [1.82, 2.24) is 4.90 Å². The maximum atomic E-state index is 10.9. The molecule has 0 aromatic rings. The summed E-state index contributed by atoms with van der Waals surface area (Å²) >= 11 is 0. The molecule has 1 amide bonds. The lowest BCUT2D eigenvalue weighted by Crippen LogP contribution is -2.51. The van der Waals surface area contributed by atoms with E-state index in [1.807, 2.05) is 0 Å². The van der Waals surface area contributed by atoms with Crippen molar-refractivity contribution in [2.24, 2.45) is 17.4 Å². The van der Waals surface area contributed by atoms with Crippen LogP contribution < -0.4 is 11.5 Å². The zero-order chi connectivity index (χ0) is 10.8. The largest absolute Gasteiger partial charge is 0.368 e. The first-order valence-corrected chi connectivity index (χ1v) is 5.97. The van der Waals surface area contributed by atoms with Crippen LogP contribution in [0.5, 0.6) is 0 Å². The molecule has 1 saturated heterocycles. The number of nitrogens with zero attached hydrogens (tertiary/aromatic N) is 1. The van der Waals surface area contributed by atoms with E-state index in [1.165, 1.54) is 32.1 Å². The second kappa shape index (κ2) is 4.49. The summed E-state index contributed by atoms with van der Waals surface area (Å²) in [4.78, 5) is 13.3. The molecule has 2 rings (SSSR count). The van der Waals surface area contributed by atoms with E-state index in [4.69, 9.17) is 11.5 Å². The second-order valence-corrected chi connectivity index (χ2v) is 4.90. The van der Waals surface area contributed by atoms with Crippen LogP contribution >= 0.6 is 0 Å². The molecular weight excluding hydrogens is 190 g/mol. The fraction of sp³-hybridized carbons (Fsp3) is 0.909. The highest BCUT2D eigenvalue weighted by Crippen LogP contribution is 2.36. The smallest absolute Gasteiger partial charge is 0.235 e. The number of rotatable bonds is 3. The molecule has 0 radical (unpaired) electrons. The highest BCUT2D eigenvalue weighted by molar-refractivity contribution is 5.79. The van der Waals surface area contributed by atoms with Crippen LogP contribution in [0.2, 0.25) is 0 Å². The maximum Gasteiger partial charge on any atom is 0.235 e. The minimum absolute atomic E-state index is 0.380. The standard InChI is InChI=1S/C11H21N3O/c12-9(11(13)15)7-14-6-2-4-8-3-1-5-10(8)14/h8-10H,1-7,12H2,(H2,13,15). The predicted octanol–water partition coefficient (Wildman–Crippen LogP) is 0.0635. The van der Waals surface area contributed by atoms with Crippen molar-refractivity contribution in [3.05, 3.63) is 0 Å². The van der Waals surface area contributed by atoms with Gasteiger partial charge in [0.05, 0.1) is 6.04 Å². The molecule has 1 aliphatic carbocycles. The molecule has 0 aromatic carbocycles. The van der Waals surface area contributed by atoms with Gasteiger partial charge < -0.3 is 11.5 Å². The van der Waals surface area contributed by atoms with Crippen LogP contribution in [-0.2, 0) is 4.79 Å². The normalized spacial score (nSPS) is 33.7. The van der Waals surface area contributed by atoms with Crippen molar-refractivity contribution in [2.75, 3.05) is 13.1 Å². The summed E-state index contributed by atoms with van der Waals surface area (Å²) in [5, 5.41) is 0. The van der Waals surface area contributed by atoms with E-state index >= 15 is 0 Å². The van der Waals surface area contributed by atoms with E-state index in [0.29, 0.717) is 12.6 Å². The molecule has 0 bridgehead atoms. The molecule has 4 N–H and O–H groups in total. The lowest BCUT2D eigenvalue weighted by Gasteiger charge is -2.38. The van der Waals surface area contributed by atoms with E-state index in [2.05, 4.69) is 4.90 Å². The summed E-state index contributed by atoms with van der Waals surface area (Å²) in [6, 6.07) is 0.175. The van der Waals surface area contributed by atoms with E-state index in [0.717, 1.165) is 12.5 Å². The quantitative estimate of drug-likeness (QED) is 0.693. The number of carbonyl (C=O) groups excluding carboxylic acids is 1. The van der Waals surface area contributed by atoms with Crippen LogP contribution in [0.15, 0.2) is 0 Å². The average Bonchev–Trinajstić information content (AvgIpc) is 2.66. The highest BCUT2D eigenvalue weighted by Gasteiger charge is 2.35. The Morgan fingerprint density at radius 2 is 2.07 bits per heavy atom. The first-order valence-electron chi connectivity index (χ1n) is 5.97. The third-order valence-corrected chi connectivity index (χ3v) is 3.90. The molecule has 2 fully saturated rings. The Morgan fingerprint density at radius 3 is 2.80 bits per heavy atom. The molecule has 0 spiro atoms. The molecule has 15 heavy (non-hydrogen) atoms. The number of amides is 1. The number of primary amides is 1. The number of fused-ring (bicyclic) bond motifs is 1. The van der Waals surface area contributed by atoms with Crippen LogP contribution in [0.4, 0.5) is 0 Å². The Kier molecular flexibility index (Phi) is 3.26. The van der Waals surface area contributed by atoms with Gasteiger partial charge in [-0.25, -0.2) is 0 Å². The summed E-state index contributed by atoms with van der Waals surface area (Å²) in [6.45, 7) is 1.73. The average molecular weight is 211 g/mol. The van der Waals surface area contributed by atoms with Crippen molar-refractivity contribution in [1.29, 1.82) is 0 Å². The summed E-state index contributed by atoms with van der Waals surface area (Å²) in [5.74, 6) is 0.467. The van der Waals surface area contributed by atoms with Gasteiger partial charge in [-0.05, 0) is 38.1 Å². The molecule has 4 heteroatoms. The van der Waals surface area contributed by atoms with Crippen LogP contribution in [-0.4, -0.2) is 36.0 Å². The van der Waals surface area contributed by atoms with Gasteiger partial charge in [-0.2, -0.15) is 0 Å². The predicted molar refractivity (Wildman–Crippen MR) is 59.1 cm³/mol. The maximum absolute atomic E-state index is 10.9. The van der Waals surface area contributed by atoms with Gasteiger partial charge in [0.1, 0.15) is 0 Å². The number of carbonyl (C=O) groups is 1. The Morgan fingerprint density at radius 1 is 1.33 bits per heavy atom. The van der Waals surface area contributed by atoms with Crippen LogP contribution in [0.25, 0.3) is 0 Å². The first kappa shape index (κ1) is 10.9. The topological polar surface area (TPSA) is 72.3 Å². The van der Waals surface area contributed by atoms with Crippen LogP contribution in [0.1, 0.15) is 32.1 Å². The number of hydrogen-bond acceptors (Lipinski definition) is 3. The third kappa shape index (κ3) is 2.32. The summed E-state index contributed by atoms with van der Waals surface area (Å²) in [7, 11) is 0.